The van der Waals surface area contributed by atoms with Crippen molar-refractivity contribution < 1.29 is 46.6 Å². The fraction of sp³-hybridized carbons (Fsp3) is 1.00. The Morgan fingerprint density at radius 2 is 0.529 bits per heavy atom. The van der Waals surface area contributed by atoms with Gasteiger partial charge in [-0.1, -0.05) is 0 Å². The molecule has 0 radical (unpaired) electrons. The Hall–Kier alpha value is 1.88. The molecule has 0 aromatic carbocycles. The second-order valence-corrected chi connectivity index (χ2v) is 3.16. The van der Waals surface area contributed by atoms with Crippen molar-refractivity contribution in [3.05, 3.63) is 0 Å². The van der Waals surface area contributed by atoms with Gasteiger partial charge >= 0.3 is 0 Å². The Kier molecular flexibility index (Phi) is 96.2. The Morgan fingerprint density at radius 3 is 0.529 bits per heavy atom. The summed E-state index contributed by atoms with van der Waals surface area (Å²) >= 11 is 19.7. The van der Waals surface area contributed by atoms with E-state index in [-0.39, 0.29) is 52.6 Å². The molecule has 0 unspecified atom stereocenters. The van der Waals surface area contributed by atoms with Crippen LogP contribution in [0.1, 0.15) is 0 Å². The van der Waals surface area contributed by atoms with Gasteiger partial charge < -0.3 is 20.4 Å². The molecular weight excluding hydrogens is 393 g/mol. The summed E-state index contributed by atoms with van der Waals surface area (Å²) in [4.78, 5) is 0. The second kappa shape index (κ2) is 52.2. The van der Waals surface area contributed by atoms with E-state index in [1.165, 1.54) is 0 Å². The molecule has 0 aliphatic heterocycles. The normalized spacial score (nSPS) is 7.06. The van der Waals surface area contributed by atoms with Crippen LogP contribution in [0, 0.1) is 0 Å². The largest absolute Gasteiger partial charge is 0.395 e. The van der Waals surface area contributed by atoms with Crippen LogP contribution in [-0.2, 0) is 26.2 Å². The number of hydrogen-bond acceptors (Lipinski definition) is 4. The molecule has 0 saturated heterocycles. The van der Waals surface area contributed by atoms with Crippen molar-refractivity contribution >= 4 is 46.4 Å². The quantitative estimate of drug-likeness (QED) is 0.516. The molecule has 0 spiro atoms. The van der Waals surface area contributed by atoms with E-state index in [1.54, 1.807) is 0 Å². The number of rotatable bonds is 4. The average Bonchev–Trinajstić information content (AvgIpc) is 2.39. The van der Waals surface area contributed by atoms with Gasteiger partial charge in [-0.15, -0.1) is 46.4 Å². The molecule has 0 atom stereocenters. The molecule has 4 nitrogen and oxygen atoms in total. The molecule has 0 aromatic heterocycles. The minimum atomic E-state index is 0. The SMILES string of the molecule is OCCCl.OCCCl.OCCCl.OCCCl.[Zr]. The molecule has 0 rings (SSSR count). The second-order valence-electron chi connectivity index (χ2n) is 1.65. The predicted molar refractivity (Wildman–Crippen MR) is 71.2 cm³/mol. The van der Waals surface area contributed by atoms with Gasteiger partial charge in [0, 0.05) is 49.7 Å². The monoisotopic (exact) mass is 410 g/mol. The third-order valence-electron chi connectivity index (χ3n) is 0.338. The summed E-state index contributed by atoms with van der Waals surface area (Å²) in [6, 6.07) is 0. The summed E-state index contributed by atoms with van der Waals surface area (Å²) in [6.45, 7) is 0.340. The van der Waals surface area contributed by atoms with Gasteiger partial charge in [-0.3, -0.25) is 0 Å². The van der Waals surface area contributed by atoms with Gasteiger partial charge in [0.2, 0.25) is 0 Å². The van der Waals surface area contributed by atoms with Crippen molar-refractivity contribution in [3.8, 4) is 0 Å². The molecule has 108 valence electrons. The van der Waals surface area contributed by atoms with Gasteiger partial charge in [-0.25, -0.2) is 0 Å². The molecule has 0 fully saturated rings. The molecule has 0 amide bonds. The van der Waals surface area contributed by atoms with Gasteiger partial charge in [-0.05, 0) is 0 Å². The van der Waals surface area contributed by atoms with Gasteiger partial charge in [0.1, 0.15) is 0 Å². The van der Waals surface area contributed by atoms with E-state index in [2.05, 4.69) is 0 Å². The molecule has 17 heavy (non-hydrogen) atoms. The van der Waals surface area contributed by atoms with Gasteiger partial charge in [0.15, 0.2) is 0 Å². The molecule has 0 saturated carbocycles. The Morgan fingerprint density at radius 1 is 0.471 bits per heavy atom. The predicted octanol–water partition coefficient (Wildman–Crippen LogP) is 0.867. The van der Waals surface area contributed by atoms with E-state index >= 15 is 0 Å². The van der Waals surface area contributed by atoms with E-state index in [0.29, 0.717) is 23.5 Å². The molecule has 0 heterocycles. The Balaban J connectivity index is -0.0000000369. The molecule has 0 aliphatic carbocycles. The number of aliphatic hydroxyl groups is 4. The number of aliphatic hydroxyl groups excluding tert-OH is 4. The van der Waals surface area contributed by atoms with Gasteiger partial charge in [0.25, 0.3) is 0 Å². The third kappa shape index (κ3) is 130. The van der Waals surface area contributed by atoms with Crippen molar-refractivity contribution in [1.82, 2.24) is 0 Å². The van der Waals surface area contributed by atoms with E-state index in [9.17, 15) is 0 Å². The van der Waals surface area contributed by atoms with Crippen LogP contribution in [0.15, 0.2) is 0 Å². The summed E-state index contributed by atoms with van der Waals surface area (Å²) in [7, 11) is 0. The van der Waals surface area contributed by atoms with Crippen LogP contribution in [-0.4, -0.2) is 70.4 Å². The minimum absolute atomic E-state index is 0. The first kappa shape index (κ1) is 31.3. The van der Waals surface area contributed by atoms with Crippen LogP contribution in [0.5, 0.6) is 0 Å². The first-order valence-electron chi connectivity index (χ1n) is 4.33. The fourth-order valence-corrected chi connectivity index (χ4v) is 0. The van der Waals surface area contributed by atoms with Crippen molar-refractivity contribution in [3.63, 3.8) is 0 Å². The van der Waals surface area contributed by atoms with Gasteiger partial charge in [0.05, 0.1) is 26.4 Å². The summed E-state index contributed by atoms with van der Waals surface area (Å²) in [5.74, 6) is 1.39. The van der Waals surface area contributed by atoms with Crippen LogP contribution < -0.4 is 0 Å². The molecule has 0 aliphatic rings. The zero-order chi connectivity index (χ0) is 13.7. The third-order valence-corrected chi connectivity index (χ3v) is 1.01. The van der Waals surface area contributed by atoms with E-state index in [1.807, 2.05) is 0 Å². The summed E-state index contributed by atoms with van der Waals surface area (Å²) in [5, 5.41) is 31.0. The standard InChI is InChI=1S/4C2H5ClO.Zr/c4*3-1-2-4;/h4*4H,1-2H2;. The van der Waals surface area contributed by atoms with Gasteiger partial charge in [-0.2, -0.15) is 0 Å². The average molecular weight is 413 g/mol. The fourth-order valence-electron chi connectivity index (χ4n) is 0. The number of alkyl halides is 4. The zero-order valence-electron chi connectivity index (χ0n) is 9.46. The van der Waals surface area contributed by atoms with Crippen LogP contribution in [0.2, 0.25) is 0 Å². The van der Waals surface area contributed by atoms with E-state index < -0.39 is 0 Å². The molecule has 9 heteroatoms. The molecule has 0 bridgehead atoms. The molecule has 4 N–H and O–H groups in total. The summed E-state index contributed by atoms with van der Waals surface area (Å²) in [5.41, 5.74) is 0. The Bertz CT molecular complexity index is 53.5. The van der Waals surface area contributed by atoms with Crippen LogP contribution in [0.3, 0.4) is 0 Å². The zero-order valence-corrected chi connectivity index (χ0v) is 14.9. The van der Waals surface area contributed by atoms with Crippen molar-refractivity contribution in [2.75, 3.05) is 49.9 Å². The first-order valence-corrected chi connectivity index (χ1v) is 6.47. The molecular formula is C8H20Cl4O4Zr. The molecule has 0 aromatic rings. The maximum Gasteiger partial charge on any atom is 0.0566 e. The maximum atomic E-state index is 7.74. The Labute approximate surface area is 142 Å². The van der Waals surface area contributed by atoms with Crippen molar-refractivity contribution in [1.29, 1.82) is 0 Å². The number of hydrogen-bond donors (Lipinski definition) is 4. The summed E-state index contributed by atoms with van der Waals surface area (Å²) < 4.78 is 0. The van der Waals surface area contributed by atoms with Crippen molar-refractivity contribution in [2.45, 2.75) is 0 Å². The van der Waals surface area contributed by atoms with Crippen LogP contribution in [0.4, 0.5) is 0 Å². The van der Waals surface area contributed by atoms with Crippen molar-refractivity contribution in [2.24, 2.45) is 0 Å². The topological polar surface area (TPSA) is 80.9 Å². The van der Waals surface area contributed by atoms with E-state index in [4.69, 9.17) is 66.8 Å². The minimum Gasteiger partial charge on any atom is -0.395 e. The number of halogens is 4. The summed E-state index contributed by atoms with van der Waals surface area (Å²) in [6.07, 6.45) is 0. The van der Waals surface area contributed by atoms with Crippen LogP contribution in [0.25, 0.3) is 0 Å². The van der Waals surface area contributed by atoms with Crippen LogP contribution >= 0.6 is 46.4 Å². The van der Waals surface area contributed by atoms with E-state index in [0.717, 1.165) is 0 Å². The smallest absolute Gasteiger partial charge is 0.0566 e. The maximum absolute atomic E-state index is 7.74. The first-order chi connectivity index (χ1) is 7.66.